The Kier molecular flexibility index (Phi) is 4.55. The van der Waals surface area contributed by atoms with E-state index >= 15 is 0 Å². The molecule has 0 unspecified atom stereocenters. The lowest BCUT2D eigenvalue weighted by Crippen LogP contribution is -2.22. The molecule has 0 aromatic heterocycles. The van der Waals surface area contributed by atoms with Gasteiger partial charge in [-0.2, -0.15) is 0 Å². The van der Waals surface area contributed by atoms with Gasteiger partial charge in [-0.15, -0.1) is 0 Å². The summed E-state index contributed by atoms with van der Waals surface area (Å²) in [5.74, 6) is -0.168. The lowest BCUT2D eigenvalue weighted by molar-refractivity contribution is -0.140. The molecule has 0 amide bonds. The van der Waals surface area contributed by atoms with E-state index < -0.39 is 0 Å². The molecular weight excluding hydrogens is 214 g/mol. The van der Waals surface area contributed by atoms with E-state index in [1.165, 1.54) is 29.5 Å². The number of ether oxygens (including phenoxy) is 1. The summed E-state index contributed by atoms with van der Waals surface area (Å²) in [6.07, 6.45) is 0.416. The van der Waals surface area contributed by atoms with Crippen LogP contribution < -0.4 is 4.90 Å². The van der Waals surface area contributed by atoms with Gasteiger partial charge in [0, 0.05) is 19.3 Å². The van der Waals surface area contributed by atoms with E-state index in [0.29, 0.717) is 13.0 Å². The molecule has 94 valence electrons. The maximum absolute atomic E-state index is 11.1. The normalized spacial score (nSPS) is 10.2. The highest BCUT2D eigenvalue weighted by Crippen LogP contribution is 2.24. The second kappa shape index (κ2) is 5.71. The number of aryl methyl sites for hydroxylation is 1. The Balaban J connectivity index is 2.79. The number of hydrogen-bond acceptors (Lipinski definition) is 3. The van der Waals surface area contributed by atoms with Crippen LogP contribution >= 0.6 is 0 Å². The average Bonchev–Trinajstić information content (AvgIpc) is 2.32. The van der Waals surface area contributed by atoms with E-state index in [-0.39, 0.29) is 5.97 Å². The Labute approximate surface area is 103 Å². The summed E-state index contributed by atoms with van der Waals surface area (Å²) in [5.41, 5.74) is 5.06. The Hall–Kier alpha value is -1.51. The Bertz CT molecular complexity index is 413. The van der Waals surface area contributed by atoms with Gasteiger partial charge in [0.15, 0.2) is 0 Å². The molecule has 0 saturated heterocycles. The largest absolute Gasteiger partial charge is 0.469 e. The lowest BCUT2D eigenvalue weighted by Gasteiger charge is -2.22. The molecule has 0 aliphatic heterocycles. The smallest absolute Gasteiger partial charge is 0.307 e. The quantitative estimate of drug-likeness (QED) is 0.751. The van der Waals surface area contributed by atoms with Gasteiger partial charge in [0.1, 0.15) is 0 Å². The Morgan fingerprint density at radius 2 is 1.88 bits per heavy atom. The third-order valence-corrected chi connectivity index (χ3v) is 3.32. The van der Waals surface area contributed by atoms with E-state index in [0.717, 1.165) is 0 Å². The summed E-state index contributed by atoms with van der Waals surface area (Å²) in [4.78, 5) is 13.2. The minimum absolute atomic E-state index is 0.168. The number of rotatable bonds is 4. The molecule has 0 fully saturated rings. The van der Waals surface area contributed by atoms with Gasteiger partial charge in [0.05, 0.1) is 13.5 Å². The number of nitrogens with zero attached hydrogens (tertiary/aromatic N) is 1. The van der Waals surface area contributed by atoms with Crippen molar-refractivity contribution in [3.63, 3.8) is 0 Å². The van der Waals surface area contributed by atoms with E-state index in [2.05, 4.69) is 42.5 Å². The molecule has 1 aromatic rings. The SMILES string of the molecule is COC(=O)CCN(C)c1ccc(C)c(C)c1C. The van der Waals surface area contributed by atoms with Crippen molar-refractivity contribution in [1.29, 1.82) is 0 Å². The van der Waals surface area contributed by atoms with Gasteiger partial charge in [-0.05, 0) is 43.5 Å². The van der Waals surface area contributed by atoms with Crippen LogP contribution in [0.1, 0.15) is 23.1 Å². The molecule has 17 heavy (non-hydrogen) atoms. The van der Waals surface area contributed by atoms with Gasteiger partial charge in [-0.1, -0.05) is 6.07 Å². The molecule has 0 N–H and O–H groups in total. The maximum Gasteiger partial charge on any atom is 0.307 e. The summed E-state index contributed by atoms with van der Waals surface area (Å²) in [5, 5.41) is 0. The van der Waals surface area contributed by atoms with Gasteiger partial charge in [-0.25, -0.2) is 0 Å². The van der Waals surface area contributed by atoms with Gasteiger partial charge < -0.3 is 9.64 Å². The first-order valence-electron chi connectivity index (χ1n) is 5.82. The zero-order valence-corrected chi connectivity index (χ0v) is 11.3. The van der Waals surface area contributed by atoms with Gasteiger partial charge in [0.2, 0.25) is 0 Å². The van der Waals surface area contributed by atoms with Crippen molar-refractivity contribution < 1.29 is 9.53 Å². The van der Waals surface area contributed by atoms with E-state index in [1.807, 2.05) is 7.05 Å². The highest BCUT2D eigenvalue weighted by molar-refractivity contribution is 5.70. The number of anilines is 1. The molecule has 0 saturated carbocycles. The fourth-order valence-electron chi connectivity index (χ4n) is 1.84. The fraction of sp³-hybridized carbons (Fsp3) is 0.500. The number of esters is 1. The van der Waals surface area contributed by atoms with Gasteiger partial charge in [0.25, 0.3) is 0 Å². The molecule has 0 aliphatic rings. The van der Waals surface area contributed by atoms with E-state index in [4.69, 9.17) is 0 Å². The predicted molar refractivity (Wildman–Crippen MR) is 70.6 cm³/mol. The zero-order chi connectivity index (χ0) is 13.0. The van der Waals surface area contributed by atoms with Gasteiger partial charge >= 0.3 is 5.97 Å². The van der Waals surface area contributed by atoms with Crippen LogP contribution in [0.3, 0.4) is 0 Å². The molecule has 3 heteroatoms. The Morgan fingerprint density at radius 1 is 1.24 bits per heavy atom. The predicted octanol–water partition coefficient (Wildman–Crippen LogP) is 2.61. The molecule has 0 heterocycles. The van der Waals surface area contributed by atoms with Crippen molar-refractivity contribution in [3.8, 4) is 0 Å². The first kappa shape index (κ1) is 13.6. The molecule has 1 rings (SSSR count). The number of hydrogen-bond donors (Lipinski definition) is 0. The van der Waals surface area contributed by atoms with Crippen LogP contribution in [0.25, 0.3) is 0 Å². The summed E-state index contributed by atoms with van der Waals surface area (Å²) in [6, 6.07) is 4.22. The third kappa shape index (κ3) is 3.22. The first-order chi connectivity index (χ1) is 7.97. The zero-order valence-electron chi connectivity index (χ0n) is 11.3. The van der Waals surface area contributed by atoms with Crippen LogP contribution in [0.5, 0.6) is 0 Å². The molecular formula is C14H21NO2. The highest BCUT2D eigenvalue weighted by atomic mass is 16.5. The standard InChI is InChI=1S/C14H21NO2/c1-10-6-7-13(12(3)11(10)2)15(4)9-8-14(16)17-5/h6-7H,8-9H2,1-5H3. The summed E-state index contributed by atoms with van der Waals surface area (Å²) in [6.45, 7) is 7.03. The topological polar surface area (TPSA) is 29.5 Å². The summed E-state index contributed by atoms with van der Waals surface area (Å²) >= 11 is 0. The second-order valence-electron chi connectivity index (χ2n) is 4.40. The number of benzene rings is 1. The van der Waals surface area contributed by atoms with E-state index in [9.17, 15) is 4.79 Å². The van der Waals surface area contributed by atoms with Crippen LogP contribution in [0, 0.1) is 20.8 Å². The number of carbonyl (C=O) groups is 1. The number of carbonyl (C=O) groups excluding carboxylic acids is 1. The van der Waals surface area contributed by atoms with Gasteiger partial charge in [-0.3, -0.25) is 4.79 Å². The van der Waals surface area contributed by atoms with Crippen molar-refractivity contribution >= 4 is 11.7 Å². The minimum atomic E-state index is -0.168. The molecule has 3 nitrogen and oxygen atoms in total. The highest BCUT2D eigenvalue weighted by Gasteiger charge is 2.09. The van der Waals surface area contributed by atoms with Crippen LogP contribution in [0.4, 0.5) is 5.69 Å². The molecule has 0 spiro atoms. The molecule has 0 atom stereocenters. The number of methoxy groups -OCH3 is 1. The van der Waals surface area contributed by atoms with Crippen molar-refractivity contribution in [3.05, 3.63) is 28.8 Å². The monoisotopic (exact) mass is 235 g/mol. The first-order valence-corrected chi connectivity index (χ1v) is 5.82. The van der Waals surface area contributed by atoms with Crippen LogP contribution in [0.15, 0.2) is 12.1 Å². The maximum atomic E-state index is 11.1. The lowest BCUT2D eigenvalue weighted by atomic mass is 10.0. The third-order valence-electron chi connectivity index (χ3n) is 3.32. The van der Waals surface area contributed by atoms with Crippen LogP contribution in [-0.2, 0) is 9.53 Å². The summed E-state index contributed by atoms with van der Waals surface area (Å²) < 4.78 is 4.64. The molecule has 0 bridgehead atoms. The minimum Gasteiger partial charge on any atom is -0.469 e. The van der Waals surface area contributed by atoms with Crippen molar-refractivity contribution in [2.45, 2.75) is 27.2 Å². The Morgan fingerprint density at radius 3 is 2.47 bits per heavy atom. The van der Waals surface area contributed by atoms with Crippen LogP contribution in [0.2, 0.25) is 0 Å². The fourth-order valence-corrected chi connectivity index (χ4v) is 1.84. The average molecular weight is 235 g/mol. The molecule has 0 aliphatic carbocycles. The van der Waals surface area contributed by atoms with E-state index in [1.54, 1.807) is 0 Å². The van der Waals surface area contributed by atoms with Crippen molar-refractivity contribution in [2.24, 2.45) is 0 Å². The second-order valence-corrected chi connectivity index (χ2v) is 4.40. The molecule has 0 radical (unpaired) electrons. The molecule has 1 aromatic carbocycles. The van der Waals surface area contributed by atoms with Crippen molar-refractivity contribution in [1.82, 2.24) is 0 Å². The van der Waals surface area contributed by atoms with Crippen LogP contribution in [-0.4, -0.2) is 26.7 Å². The van der Waals surface area contributed by atoms with Crippen molar-refractivity contribution in [2.75, 3.05) is 25.6 Å². The summed E-state index contributed by atoms with van der Waals surface area (Å²) in [7, 11) is 3.42.